The van der Waals surface area contributed by atoms with Crippen molar-refractivity contribution in [1.29, 1.82) is 0 Å². The van der Waals surface area contributed by atoms with Crippen LogP contribution in [0.3, 0.4) is 0 Å². The highest BCUT2D eigenvalue weighted by atomic mass is 32.2. The van der Waals surface area contributed by atoms with Crippen molar-refractivity contribution in [3.8, 4) is 5.75 Å². The van der Waals surface area contributed by atoms with Gasteiger partial charge < -0.3 is 10.1 Å². The van der Waals surface area contributed by atoms with Crippen molar-refractivity contribution in [2.24, 2.45) is 0 Å². The summed E-state index contributed by atoms with van der Waals surface area (Å²) in [7, 11) is -0.620. The summed E-state index contributed by atoms with van der Waals surface area (Å²) in [6, 6.07) is 14.0. The first-order valence-electron chi connectivity index (χ1n) is 7.78. The number of aryl methyl sites for hydroxylation is 1. The Bertz CT molecular complexity index is 848. The van der Waals surface area contributed by atoms with Crippen LogP contribution in [0.25, 0.3) is 0 Å². The number of carbonyl (C=O) groups is 1. The van der Waals surface area contributed by atoms with Crippen LogP contribution in [0.4, 0.5) is 0 Å². The Morgan fingerprint density at radius 1 is 1.08 bits per heavy atom. The smallest absolute Gasteiger partial charge is 0.258 e. The molecule has 0 aliphatic carbocycles. The first kappa shape index (κ1) is 19.0. The lowest BCUT2D eigenvalue weighted by atomic mass is 10.2. The molecule has 0 aliphatic heterocycles. The first-order valence-corrected chi connectivity index (χ1v) is 9.22. The lowest BCUT2D eigenvalue weighted by Crippen LogP contribution is -2.30. The molecule has 25 heavy (non-hydrogen) atoms. The van der Waals surface area contributed by atoms with Gasteiger partial charge in [-0.15, -0.1) is 0 Å². The number of amides is 1. The van der Waals surface area contributed by atoms with Crippen molar-refractivity contribution in [1.82, 2.24) is 9.62 Å². The molecule has 2 aromatic rings. The molecule has 7 heteroatoms. The fourth-order valence-electron chi connectivity index (χ4n) is 2.20. The van der Waals surface area contributed by atoms with Crippen LogP contribution in [0.1, 0.15) is 11.1 Å². The molecule has 0 saturated carbocycles. The molecule has 0 saturated heterocycles. The molecule has 0 aliphatic rings. The summed E-state index contributed by atoms with van der Waals surface area (Å²) in [4.78, 5) is 12.2. The maximum atomic E-state index is 12.3. The van der Waals surface area contributed by atoms with Gasteiger partial charge in [0.2, 0.25) is 10.0 Å². The van der Waals surface area contributed by atoms with E-state index in [9.17, 15) is 13.2 Å². The van der Waals surface area contributed by atoms with E-state index < -0.39 is 10.0 Å². The van der Waals surface area contributed by atoms with E-state index in [2.05, 4.69) is 5.32 Å². The van der Waals surface area contributed by atoms with Crippen molar-refractivity contribution >= 4 is 15.9 Å². The van der Waals surface area contributed by atoms with Crippen molar-refractivity contribution in [2.75, 3.05) is 20.7 Å². The number of carbonyl (C=O) groups excluding carboxylic acids is 1. The molecule has 0 atom stereocenters. The van der Waals surface area contributed by atoms with E-state index in [1.165, 1.54) is 20.2 Å². The van der Waals surface area contributed by atoms with Gasteiger partial charge in [-0.3, -0.25) is 4.79 Å². The van der Waals surface area contributed by atoms with E-state index in [0.29, 0.717) is 11.3 Å². The number of benzene rings is 2. The largest absolute Gasteiger partial charge is 0.484 e. The number of rotatable bonds is 7. The molecule has 0 bridgehead atoms. The molecular weight excluding hydrogens is 340 g/mol. The average molecular weight is 362 g/mol. The van der Waals surface area contributed by atoms with E-state index in [0.717, 1.165) is 9.87 Å². The van der Waals surface area contributed by atoms with Gasteiger partial charge in [-0.2, -0.15) is 0 Å². The molecular formula is C18H22N2O4S. The second-order valence-electron chi connectivity index (χ2n) is 5.73. The molecule has 6 nitrogen and oxygen atoms in total. The number of nitrogens with zero attached hydrogens (tertiary/aromatic N) is 1. The van der Waals surface area contributed by atoms with Gasteiger partial charge in [0, 0.05) is 20.6 Å². The predicted octanol–water partition coefficient (Wildman–Crippen LogP) is 1.94. The van der Waals surface area contributed by atoms with Crippen LogP contribution < -0.4 is 10.1 Å². The summed E-state index contributed by atoms with van der Waals surface area (Å²) in [5.41, 5.74) is 1.47. The Hall–Kier alpha value is -2.38. The first-order chi connectivity index (χ1) is 11.8. The zero-order valence-electron chi connectivity index (χ0n) is 14.5. The molecule has 0 unspecified atom stereocenters. The second kappa shape index (κ2) is 8.13. The monoisotopic (exact) mass is 362 g/mol. The normalized spacial score (nSPS) is 11.4. The molecule has 0 aromatic heterocycles. The van der Waals surface area contributed by atoms with E-state index in [1.54, 1.807) is 24.3 Å². The highest BCUT2D eigenvalue weighted by molar-refractivity contribution is 7.89. The van der Waals surface area contributed by atoms with Gasteiger partial charge >= 0.3 is 0 Å². The summed E-state index contributed by atoms with van der Waals surface area (Å²) in [5, 5.41) is 2.69. The van der Waals surface area contributed by atoms with Crippen LogP contribution in [0.2, 0.25) is 0 Å². The maximum Gasteiger partial charge on any atom is 0.258 e. The van der Waals surface area contributed by atoms with Gasteiger partial charge in [-0.05, 0) is 30.2 Å². The van der Waals surface area contributed by atoms with E-state index in [-0.39, 0.29) is 24.0 Å². The maximum absolute atomic E-state index is 12.3. The highest BCUT2D eigenvalue weighted by Gasteiger charge is 2.20. The van der Waals surface area contributed by atoms with Crippen LogP contribution in [-0.2, 0) is 21.4 Å². The number of hydrogen-bond donors (Lipinski definition) is 1. The lowest BCUT2D eigenvalue weighted by Gasteiger charge is -2.15. The Kier molecular flexibility index (Phi) is 6.17. The van der Waals surface area contributed by atoms with Crippen molar-refractivity contribution in [2.45, 2.75) is 18.4 Å². The predicted molar refractivity (Wildman–Crippen MR) is 95.8 cm³/mol. The van der Waals surface area contributed by atoms with Crippen LogP contribution in [-0.4, -0.2) is 39.3 Å². The molecule has 1 amide bonds. The molecule has 1 N–H and O–H groups in total. The van der Waals surface area contributed by atoms with Gasteiger partial charge in [0.25, 0.3) is 5.91 Å². The standard InChI is InChI=1S/C18H22N2O4S/c1-14-8-4-6-10-16(14)24-13-18(21)19-12-15-9-5-7-11-17(15)25(22,23)20(2)3/h4-11H,12-13H2,1-3H3,(H,19,21). The van der Waals surface area contributed by atoms with Gasteiger partial charge in [0.1, 0.15) is 5.75 Å². The van der Waals surface area contributed by atoms with E-state index in [1.807, 2.05) is 25.1 Å². The fourth-order valence-corrected chi connectivity index (χ4v) is 3.32. The summed E-state index contributed by atoms with van der Waals surface area (Å²) in [6.45, 7) is 1.88. The number of hydrogen-bond acceptors (Lipinski definition) is 4. The SMILES string of the molecule is Cc1ccccc1OCC(=O)NCc1ccccc1S(=O)(=O)N(C)C. The quantitative estimate of drug-likeness (QED) is 0.817. The van der Waals surface area contributed by atoms with E-state index in [4.69, 9.17) is 4.74 Å². The van der Waals surface area contributed by atoms with Gasteiger partial charge in [-0.25, -0.2) is 12.7 Å². The topological polar surface area (TPSA) is 75.7 Å². The molecule has 0 fully saturated rings. The minimum Gasteiger partial charge on any atom is -0.484 e. The summed E-state index contributed by atoms with van der Waals surface area (Å²) in [6.07, 6.45) is 0. The van der Waals surface area contributed by atoms with Crippen LogP contribution in [0.15, 0.2) is 53.4 Å². The van der Waals surface area contributed by atoms with Crippen LogP contribution in [0, 0.1) is 6.92 Å². The van der Waals surface area contributed by atoms with Crippen LogP contribution >= 0.6 is 0 Å². The van der Waals surface area contributed by atoms with Crippen molar-refractivity contribution < 1.29 is 17.9 Å². The third kappa shape index (κ3) is 4.80. The number of para-hydroxylation sites is 1. The van der Waals surface area contributed by atoms with E-state index >= 15 is 0 Å². The number of sulfonamides is 1. The fraction of sp³-hybridized carbons (Fsp3) is 0.278. The average Bonchev–Trinajstić information content (AvgIpc) is 2.59. The zero-order chi connectivity index (χ0) is 18.4. The third-order valence-corrected chi connectivity index (χ3v) is 5.58. The van der Waals surface area contributed by atoms with Crippen LogP contribution in [0.5, 0.6) is 5.75 Å². The van der Waals surface area contributed by atoms with Gasteiger partial charge in [0.15, 0.2) is 6.61 Å². The Morgan fingerprint density at radius 3 is 2.40 bits per heavy atom. The van der Waals surface area contributed by atoms with Gasteiger partial charge in [0.05, 0.1) is 4.90 Å². The molecule has 2 rings (SSSR count). The third-order valence-electron chi connectivity index (χ3n) is 3.66. The number of ether oxygens (including phenoxy) is 1. The van der Waals surface area contributed by atoms with Crippen molar-refractivity contribution in [3.05, 3.63) is 59.7 Å². The zero-order valence-corrected chi connectivity index (χ0v) is 15.3. The van der Waals surface area contributed by atoms with Gasteiger partial charge in [-0.1, -0.05) is 36.4 Å². The molecule has 2 aromatic carbocycles. The minimum atomic E-state index is -3.57. The minimum absolute atomic E-state index is 0.110. The summed E-state index contributed by atoms with van der Waals surface area (Å²) >= 11 is 0. The lowest BCUT2D eigenvalue weighted by molar-refractivity contribution is -0.123. The Morgan fingerprint density at radius 2 is 1.72 bits per heavy atom. The molecule has 0 heterocycles. The summed E-state index contributed by atoms with van der Waals surface area (Å²) < 4.78 is 31.3. The highest BCUT2D eigenvalue weighted by Crippen LogP contribution is 2.18. The molecule has 0 radical (unpaired) electrons. The second-order valence-corrected chi connectivity index (χ2v) is 7.85. The molecule has 134 valence electrons. The molecule has 0 spiro atoms. The number of nitrogens with one attached hydrogen (secondary N) is 1. The van der Waals surface area contributed by atoms with Crippen molar-refractivity contribution in [3.63, 3.8) is 0 Å². The Labute approximate surface area is 148 Å². The summed E-state index contributed by atoms with van der Waals surface area (Å²) in [5.74, 6) is 0.327. The Balaban J connectivity index is 2.00.